The van der Waals surface area contributed by atoms with Crippen molar-refractivity contribution in [1.29, 1.82) is 0 Å². The Morgan fingerprint density at radius 3 is 2.24 bits per heavy atom. The topological polar surface area (TPSA) is 95.8 Å². The summed E-state index contributed by atoms with van der Waals surface area (Å²) in [7, 11) is -3.69. The standard InChI is InChI=1S/C10H9N4O2S/c11-8-2-4-9(5-3-8)17(15,16)14-10-12-6-1-7-13-10/h1-7,11H,(H,12,13,14). The number of nitrogens with one attached hydrogen (secondary N) is 2. The molecule has 6 nitrogen and oxygen atoms in total. The number of hydrogen-bond donors (Lipinski definition) is 1. The van der Waals surface area contributed by atoms with Gasteiger partial charge in [-0.05, 0) is 30.3 Å². The summed E-state index contributed by atoms with van der Waals surface area (Å²) < 4.78 is 26.0. The molecule has 0 aliphatic rings. The van der Waals surface area contributed by atoms with E-state index < -0.39 is 10.0 Å². The molecule has 0 saturated heterocycles. The molecule has 17 heavy (non-hydrogen) atoms. The predicted octanol–water partition coefficient (Wildman–Crippen LogP) is 1.19. The molecule has 7 heteroatoms. The fourth-order valence-electron chi connectivity index (χ4n) is 1.16. The fourth-order valence-corrected chi connectivity index (χ4v) is 2.12. The van der Waals surface area contributed by atoms with Gasteiger partial charge in [-0.3, -0.25) is 0 Å². The smallest absolute Gasteiger partial charge is 0.264 e. The number of rotatable bonds is 3. The number of hydrogen-bond acceptors (Lipinski definition) is 4. The molecule has 0 spiro atoms. The van der Waals surface area contributed by atoms with Gasteiger partial charge in [0, 0.05) is 12.4 Å². The lowest BCUT2D eigenvalue weighted by atomic mass is 10.3. The van der Waals surface area contributed by atoms with Gasteiger partial charge in [0.1, 0.15) is 0 Å². The van der Waals surface area contributed by atoms with Crippen LogP contribution in [0.1, 0.15) is 0 Å². The molecule has 0 aliphatic carbocycles. The van der Waals surface area contributed by atoms with E-state index >= 15 is 0 Å². The third kappa shape index (κ3) is 2.70. The molecule has 1 aromatic heterocycles. The van der Waals surface area contributed by atoms with Crippen LogP contribution in [-0.4, -0.2) is 18.4 Å². The minimum absolute atomic E-state index is 0.0162. The summed E-state index contributed by atoms with van der Waals surface area (Å²) in [5.41, 5.74) is 7.53. The first-order chi connectivity index (χ1) is 8.08. The quantitative estimate of drug-likeness (QED) is 0.883. The van der Waals surface area contributed by atoms with E-state index in [-0.39, 0.29) is 16.5 Å². The average Bonchev–Trinajstić information content (AvgIpc) is 2.30. The Hall–Kier alpha value is -2.15. The highest BCUT2D eigenvalue weighted by Crippen LogP contribution is 2.14. The lowest BCUT2D eigenvalue weighted by Gasteiger charge is -2.05. The second-order valence-electron chi connectivity index (χ2n) is 3.20. The highest BCUT2D eigenvalue weighted by atomic mass is 32.2. The van der Waals surface area contributed by atoms with E-state index in [1.165, 1.54) is 36.7 Å². The van der Waals surface area contributed by atoms with Crippen LogP contribution in [0.3, 0.4) is 0 Å². The molecule has 0 aliphatic heterocycles. The predicted molar refractivity (Wildman–Crippen MR) is 62.0 cm³/mol. The summed E-state index contributed by atoms with van der Waals surface area (Å²) in [6.07, 6.45) is 2.88. The third-order valence-electron chi connectivity index (χ3n) is 1.96. The Labute approximate surface area is 98.6 Å². The molecule has 2 rings (SSSR count). The SMILES string of the molecule is [NH]c1ccc(S(=O)(=O)Nc2ncccn2)cc1. The van der Waals surface area contributed by atoms with E-state index in [0.29, 0.717) is 0 Å². The van der Waals surface area contributed by atoms with Crippen molar-refractivity contribution in [2.45, 2.75) is 4.90 Å². The maximum atomic E-state index is 11.9. The Balaban J connectivity index is 2.29. The lowest BCUT2D eigenvalue weighted by Crippen LogP contribution is -2.14. The summed E-state index contributed by atoms with van der Waals surface area (Å²) in [6.45, 7) is 0. The van der Waals surface area contributed by atoms with Crippen molar-refractivity contribution in [3.63, 3.8) is 0 Å². The minimum Gasteiger partial charge on any atom is -0.301 e. The zero-order valence-electron chi connectivity index (χ0n) is 8.66. The van der Waals surface area contributed by atoms with Gasteiger partial charge in [-0.15, -0.1) is 0 Å². The molecule has 0 saturated carbocycles. The monoisotopic (exact) mass is 249 g/mol. The molecule has 0 amide bonds. The molecule has 87 valence electrons. The van der Waals surface area contributed by atoms with Crippen LogP contribution < -0.4 is 10.5 Å². The Bertz CT molecular complexity index is 596. The molecule has 0 bridgehead atoms. The number of anilines is 1. The van der Waals surface area contributed by atoms with Crippen LogP contribution in [0, 0.1) is 0 Å². The van der Waals surface area contributed by atoms with E-state index in [1.54, 1.807) is 6.07 Å². The van der Waals surface area contributed by atoms with Gasteiger partial charge in [0.25, 0.3) is 10.0 Å². The first kappa shape index (κ1) is 11.3. The zero-order valence-corrected chi connectivity index (χ0v) is 9.48. The van der Waals surface area contributed by atoms with E-state index in [2.05, 4.69) is 14.7 Å². The van der Waals surface area contributed by atoms with E-state index in [0.717, 1.165) is 0 Å². The van der Waals surface area contributed by atoms with Crippen LogP contribution in [0.5, 0.6) is 0 Å². The van der Waals surface area contributed by atoms with Gasteiger partial charge in [0.2, 0.25) is 5.95 Å². The summed E-state index contributed by atoms with van der Waals surface area (Å²) >= 11 is 0. The molecule has 0 unspecified atom stereocenters. The van der Waals surface area contributed by atoms with Crippen LogP contribution in [0.25, 0.3) is 0 Å². The Morgan fingerprint density at radius 1 is 1.06 bits per heavy atom. The molecule has 1 heterocycles. The number of sulfonamides is 1. The van der Waals surface area contributed by atoms with Crippen LogP contribution >= 0.6 is 0 Å². The highest BCUT2D eigenvalue weighted by molar-refractivity contribution is 7.92. The Morgan fingerprint density at radius 2 is 1.65 bits per heavy atom. The van der Waals surface area contributed by atoms with Crippen LogP contribution in [0.2, 0.25) is 0 Å². The van der Waals surface area contributed by atoms with Gasteiger partial charge in [-0.1, -0.05) is 0 Å². The Kier molecular flexibility index (Phi) is 2.92. The van der Waals surface area contributed by atoms with Gasteiger partial charge in [0.15, 0.2) is 0 Å². The van der Waals surface area contributed by atoms with Crippen molar-refractivity contribution >= 4 is 21.7 Å². The molecular weight excluding hydrogens is 240 g/mol. The van der Waals surface area contributed by atoms with Gasteiger partial charge in [0.05, 0.1) is 10.6 Å². The van der Waals surface area contributed by atoms with E-state index in [4.69, 9.17) is 5.73 Å². The zero-order chi connectivity index (χ0) is 12.3. The molecule has 0 fully saturated rings. The molecule has 2 aromatic rings. The molecule has 0 atom stereocenters. The van der Waals surface area contributed by atoms with Crippen molar-refractivity contribution in [1.82, 2.24) is 15.7 Å². The van der Waals surface area contributed by atoms with Crippen molar-refractivity contribution in [3.05, 3.63) is 42.7 Å². The first-order valence-electron chi connectivity index (χ1n) is 4.69. The number of nitrogens with zero attached hydrogens (tertiary/aromatic N) is 2. The maximum Gasteiger partial charge on any atom is 0.264 e. The first-order valence-corrected chi connectivity index (χ1v) is 6.18. The van der Waals surface area contributed by atoms with E-state index in [1.807, 2.05) is 0 Å². The normalized spacial score (nSPS) is 11.1. The fraction of sp³-hybridized carbons (Fsp3) is 0. The maximum absolute atomic E-state index is 11.9. The third-order valence-corrected chi connectivity index (χ3v) is 3.30. The average molecular weight is 249 g/mol. The lowest BCUT2D eigenvalue weighted by molar-refractivity contribution is 0.601. The van der Waals surface area contributed by atoms with Crippen molar-refractivity contribution in [2.24, 2.45) is 0 Å². The molecule has 1 radical (unpaired) electrons. The minimum atomic E-state index is -3.69. The van der Waals surface area contributed by atoms with Crippen LogP contribution in [0.15, 0.2) is 47.6 Å². The van der Waals surface area contributed by atoms with Crippen LogP contribution in [-0.2, 0) is 10.0 Å². The molecule has 1 aromatic carbocycles. The van der Waals surface area contributed by atoms with Gasteiger partial charge >= 0.3 is 0 Å². The van der Waals surface area contributed by atoms with Crippen molar-refractivity contribution in [2.75, 3.05) is 4.72 Å². The number of aromatic nitrogens is 2. The molecular formula is C10H9N4O2S. The van der Waals surface area contributed by atoms with Gasteiger partial charge in [-0.25, -0.2) is 23.1 Å². The summed E-state index contributed by atoms with van der Waals surface area (Å²) in [5.74, 6) is 0.0162. The van der Waals surface area contributed by atoms with Crippen molar-refractivity contribution in [3.8, 4) is 0 Å². The second-order valence-corrected chi connectivity index (χ2v) is 4.88. The summed E-state index contributed by atoms with van der Waals surface area (Å²) in [4.78, 5) is 7.61. The highest BCUT2D eigenvalue weighted by Gasteiger charge is 2.14. The van der Waals surface area contributed by atoms with Gasteiger partial charge in [-0.2, -0.15) is 0 Å². The summed E-state index contributed by atoms with van der Waals surface area (Å²) in [6, 6.07) is 7.11. The number of benzene rings is 1. The molecule has 2 N–H and O–H groups in total. The van der Waals surface area contributed by atoms with Crippen molar-refractivity contribution < 1.29 is 8.42 Å². The van der Waals surface area contributed by atoms with E-state index in [9.17, 15) is 8.42 Å². The van der Waals surface area contributed by atoms with Gasteiger partial charge < -0.3 is 5.73 Å². The summed E-state index contributed by atoms with van der Waals surface area (Å²) in [5, 5.41) is 0. The largest absolute Gasteiger partial charge is 0.301 e. The van der Waals surface area contributed by atoms with Crippen LogP contribution in [0.4, 0.5) is 11.6 Å². The second kappa shape index (κ2) is 4.38.